The van der Waals surface area contributed by atoms with E-state index >= 15 is 0 Å². The van der Waals surface area contributed by atoms with Gasteiger partial charge in [0, 0.05) is 24.7 Å². The molecule has 0 amide bonds. The lowest BCUT2D eigenvalue weighted by atomic mass is 9.63. The summed E-state index contributed by atoms with van der Waals surface area (Å²) in [6.07, 6.45) is 4.88. The first-order valence-corrected chi connectivity index (χ1v) is 9.30. The van der Waals surface area contributed by atoms with Crippen molar-refractivity contribution in [1.82, 2.24) is 0 Å². The average Bonchev–Trinajstić information content (AvgIpc) is 2.52. The Morgan fingerprint density at radius 3 is 1.60 bits per heavy atom. The molecule has 8 N–H and O–H groups in total. The van der Waals surface area contributed by atoms with Crippen LogP contribution in [-0.2, 0) is 0 Å². The smallest absolute Gasteiger partial charge is 0.0504 e. The molecule has 154 valence electrons. The molecule has 1 rings (SSSR count). The lowest BCUT2D eigenvalue weighted by molar-refractivity contribution is 0.0856. The van der Waals surface area contributed by atoms with Gasteiger partial charge in [-0.3, -0.25) is 0 Å². The van der Waals surface area contributed by atoms with Crippen LogP contribution in [0.1, 0.15) is 66.7 Å². The Hall–Kier alpha value is -0.240. The fourth-order valence-electron chi connectivity index (χ4n) is 3.14. The van der Waals surface area contributed by atoms with Gasteiger partial charge in [-0.2, -0.15) is 0 Å². The summed E-state index contributed by atoms with van der Waals surface area (Å²) in [4.78, 5) is 0. The summed E-state index contributed by atoms with van der Waals surface area (Å²) in [5.74, 6) is 0. The first-order valence-electron chi connectivity index (χ1n) is 9.30. The maximum absolute atomic E-state index is 8.43. The SMILES string of the molecule is CC(C)(CO)CO.CC1(C)CC(N)CC(C)(CN)C1.OCCCCO. The van der Waals surface area contributed by atoms with E-state index in [1.54, 1.807) is 13.8 Å². The van der Waals surface area contributed by atoms with Crippen LogP contribution in [0.5, 0.6) is 0 Å². The topological polar surface area (TPSA) is 133 Å². The molecule has 0 aromatic carbocycles. The molecule has 1 aliphatic carbocycles. The average molecular weight is 365 g/mol. The number of aliphatic hydroxyl groups excluding tert-OH is 4. The molecule has 0 radical (unpaired) electrons. The lowest BCUT2D eigenvalue weighted by Crippen LogP contribution is -2.45. The van der Waals surface area contributed by atoms with E-state index in [2.05, 4.69) is 20.8 Å². The Kier molecular flexibility index (Phi) is 14.0. The maximum Gasteiger partial charge on any atom is 0.0504 e. The molecule has 25 heavy (non-hydrogen) atoms. The second-order valence-electron chi connectivity index (χ2n) is 9.16. The summed E-state index contributed by atoms with van der Waals surface area (Å²) in [6, 6.07) is 0.349. The zero-order valence-electron chi connectivity index (χ0n) is 17.1. The number of hydrogen-bond donors (Lipinski definition) is 6. The van der Waals surface area contributed by atoms with Gasteiger partial charge >= 0.3 is 0 Å². The molecule has 6 nitrogen and oxygen atoms in total. The summed E-state index contributed by atoms with van der Waals surface area (Å²) in [5.41, 5.74) is 12.1. The van der Waals surface area contributed by atoms with Crippen LogP contribution >= 0.6 is 0 Å². The molecule has 0 aromatic rings. The number of hydrogen-bond acceptors (Lipinski definition) is 6. The van der Waals surface area contributed by atoms with E-state index in [0.717, 1.165) is 32.2 Å². The van der Waals surface area contributed by atoms with Crippen LogP contribution in [0, 0.1) is 16.2 Å². The zero-order valence-corrected chi connectivity index (χ0v) is 17.1. The summed E-state index contributed by atoms with van der Waals surface area (Å²) >= 11 is 0. The highest BCUT2D eigenvalue weighted by Gasteiger charge is 2.38. The van der Waals surface area contributed by atoms with E-state index in [-0.39, 0.29) is 37.3 Å². The summed E-state index contributed by atoms with van der Waals surface area (Å²) in [6.45, 7) is 11.7. The van der Waals surface area contributed by atoms with Crippen molar-refractivity contribution in [3.05, 3.63) is 0 Å². The predicted octanol–water partition coefficient (Wildman–Crippen LogP) is 1.24. The monoisotopic (exact) mass is 364 g/mol. The van der Waals surface area contributed by atoms with E-state index in [0.29, 0.717) is 11.5 Å². The van der Waals surface area contributed by atoms with Crippen molar-refractivity contribution < 1.29 is 20.4 Å². The molecule has 6 heteroatoms. The highest BCUT2D eigenvalue weighted by atomic mass is 16.3. The van der Waals surface area contributed by atoms with E-state index in [1.807, 2.05) is 0 Å². The van der Waals surface area contributed by atoms with Crippen molar-refractivity contribution in [1.29, 1.82) is 0 Å². The van der Waals surface area contributed by atoms with Crippen molar-refractivity contribution in [2.45, 2.75) is 72.8 Å². The highest BCUT2D eigenvalue weighted by Crippen LogP contribution is 2.44. The second-order valence-corrected chi connectivity index (χ2v) is 9.16. The van der Waals surface area contributed by atoms with Crippen LogP contribution in [0.3, 0.4) is 0 Å². The van der Waals surface area contributed by atoms with Gasteiger partial charge in [-0.05, 0) is 49.5 Å². The zero-order chi connectivity index (χ0) is 20.1. The van der Waals surface area contributed by atoms with Crippen molar-refractivity contribution in [2.24, 2.45) is 27.7 Å². The van der Waals surface area contributed by atoms with Crippen LogP contribution < -0.4 is 11.5 Å². The number of nitrogens with two attached hydrogens (primary N) is 2. The normalized spacial score (nSPS) is 25.3. The Bertz CT molecular complexity index is 315. The highest BCUT2D eigenvalue weighted by molar-refractivity contribution is 4.93. The van der Waals surface area contributed by atoms with E-state index < -0.39 is 0 Å². The molecule has 1 fully saturated rings. The third-order valence-electron chi connectivity index (χ3n) is 4.39. The molecule has 0 saturated heterocycles. The number of unbranched alkanes of at least 4 members (excludes halogenated alkanes) is 1. The molecule has 2 unspecified atom stereocenters. The fourth-order valence-corrected chi connectivity index (χ4v) is 3.14. The van der Waals surface area contributed by atoms with Crippen LogP contribution in [0.25, 0.3) is 0 Å². The lowest BCUT2D eigenvalue weighted by Gasteiger charge is -2.45. The van der Waals surface area contributed by atoms with Crippen molar-refractivity contribution >= 4 is 0 Å². The molecule has 1 saturated carbocycles. The Morgan fingerprint density at radius 2 is 1.36 bits per heavy atom. The van der Waals surface area contributed by atoms with Gasteiger partial charge in [0.05, 0.1) is 13.2 Å². The fraction of sp³-hybridized carbons (Fsp3) is 1.00. The standard InChI is InChI=1S/C10H22N2.C5H12O2.C4H10O2/c1-9(2)4-8(12)5-10(3,6-9)7-11;1-5(2,3-6)4-7;5-3-1-2-4-6/h8H,4-7,11-12H2,1-3H3;6-7H,3-4H2,1-2H3;5-6H,1-4H2. The molecule has 0 spiro atoms. The summed E-state index contributed by atoms with van der Waals surface area (Å²) in [7, 11) is 0. The third-order valence-corrected chi connectivity index (χ3v) is 4.39. The summed E-state index contributed by atoms with van der Waals surface area (Å²) < 4.78 is 0. The van der Waals surface area contributed by atoms with Gasteiger partial charge < -0.3 is 31.9 Å². The number of rotatable bonds is 6. The molecule has 0 heterocycles. The van der Waals surface area contributed by atoms with Gasteiger partial charge in [-0.1, -0.05) is 34.6 Å². The van der Waals surface area contributed by atoms with Gasteiger partial charge in [-0.15, -0.1) is 0 Å². The molecule has 0 aliphatic heterocycles. The molecule has 1 aliphatic rings. The molecule has 0 bridgehead atoms. The van der Waals surface area contributed by atoms with Crippen LogP contribution in [0.2, 0.25) is 0 Å². The minimum absolute atomic E-state index is 0.0451. The quantitative estimate of drug-likeness (QED) is 0.393. The minimum Gasteiger partial charge on any atom is -0.396 e. The van der Waals surface area contributed by atoms with Gasteiger partial charge in [0.25, 0.3) is 0 Å². The van der Waals surface area contributed by atoms with Gasteiger partial charge in [0.15, 0.2) is 0 Å². The van der Waals surface area contributed by atoms with Gasteiger partial charge in [-0.25, -0.2) is 0 Å². The minimum atomic E-state index is -0.306. The van der Waals surface area contributed by atoms with Crippen molar-refractivity contribution in [2.75, 3.05) is 33.0 Å². The maximum atomic E-state index is 8.43. The first kappa shape index (κ1) is 27.0. The van der Waals surface area contributed by atoms with Gasteiger partial charge in [0.1, 0.15) is 0 Å². The van der Waals surface area contributed by atoms with Crippen LogP contribution in [0.4, 0.5) is 0 Å². The third kappa shape index (κ3) is 14.6. The van der Waals surface area contributed by atoms with Gasteiger partial charge in [0.2, 0.25) is 0 Å². The first-order chi connectivity index (χ1) is 11.4. The molecular formula is C19H44N2O4. The van der Waals surface area contributed by atoms with E-state index in [1.165, 1.54) is 6.42 Å². The predicted molar refractivity (Wildman–Crippen MR) is 104 cm³/mol. The van der Waals surface area contributed by atoms with Crippen LogP contribution in [-0.4, -0.2) is 59.4 Å². The van der Waals surface area contributed by atoms with Crippen molar-refractivity contribution in [3.63, 3.8) is 0 Å². The molecule has 0 aromatic heterocycles. The Labute approximate surface area is 154 Å². The molecular weight excluding hydrogens is 320 g/mol. The largest absolute Gasteiger partial charge is 0.396 e. The summed E-state index contributed by atoms with van der Waals surface area (Å²) in [5, 5.41) is 33.0. The van der Waals surface area contributed by atoms with Crippen LogP contribution in [0.15, 0.2) is 0 Å². The Morgan fingerprint density at radius 1 is 0.920 bits per heavy atom. The van der Waals surface area contributed by atoms with E-state index in [4.69, 9.17) is 31.9 Å². The Balaban J connectivity index is 0. The second kappa shape index (κ2) is 13.0. The number of aliphatic hydroxyl groups is 4. The molecule has 2 atom stereocenters. The van der Waals surface area contributed by atoms with Crippen molar-refractivity contribution in [3.8, 4) is 0 Å². The van der Waals surface area contributed by atoms with E-state index in [9.17, 15) is 0 Å².